The Morgan fingerprint density at radius 2 is 2.11 bits per heavy atom. The zero-order valence-corrected chi connectivity index (χ0v) is 12.0. The Morgan fingerprint density at radius 3 is 2.67 bits per heavy atom. The van der Waals surface area contributed by atoms with Crippen LogP contribution >= 0.6 is 11.6 Å². The highest BCUT2D eigenvalue weighted by molar-refractivity contribution is 6.18. The molecule has 0 aliphatic carbocycles. The van der Waals surface area contributed by atoms with Crippen LogP contribution in [-0.4, -0.2) is 23.2 Å². The summed E-state index contributed by atoms with van der Waals surface area (Å²) in [4.78, 5) is 13.9. The maximum Gasteiger partial charge on any atom is 0.223 e. The number of carbonyl (C=O) groups excluding carboxylic acids is 1. The number of likely N-dealkylation sites (tertiary alicyclic amines) is 1. The van der Waals surface area contributed by atoms with Crippen molar-refractivity contribution in [2.45, 2.75) is 33.2 Å². The van der Waals surface area contributed by atoms with Crippen LogP contribution in [0.2, 0.25) is 0 Å². The monoisotopic (exact) mass is 265 g/mol. The quantitative estimate of drug-likeness (QED) is 0.767. The highest BCUT2D eigenvalue weighted by atomic mass is 35.5. The summed E-state index contributed by atoms with van der Waals surface area (Å²) in [5.74, 6) is 1.11. The van der Waals surface area contributed by atoms with Crippen LogP contribution in [0, 0.1) is 19.8 Å². The molecule has 0 N–H and O–H groups in total. The number of halogens is 1. The van der Waals surface area contributed by atoms with Crippen molar-refractivity contribution in [1.29, 1.82) is 0 Å². The van der Waals surface area contributed by atoms with E-state index in [9.17, 15) is 4.79 Å². The predicted octanol–water partition coefficient (Wildman–Crippen LogP) is 3.45. The lowest BCUT2D eigenvalue weighted by Crippen LogP contribution is -2.28. The van der Waals surface area contributed by atoms with E-state index in [0.717, 1.165) is 6.54 Å². The van der Waals surface area contributed by atoms with Gasteiger partial charge in [0.25, 0.3) is 0 Å². The number of amides is 1. The smallest absolute Gasteiger partial charge is 0.223 e. The number of alkyl halides is 1. The average molecular weight is 266 g/mol. The molecule has 1 saturated heterocycles. The fourth-order valence-corrected chi connectivity index (χ4v) is 2.70. The Bertz CT molecular complexity index is 458. The summed E-state index contributed by atoms with van der Waals surface area (Å²) >= 11 is 5.86. The lowest BCUT2D eigenvalue weighted by atomic mass is 10.0. The lowest BCUT2D eigenvalue weighted by Gasteiger charge is -2.25. The molecule has 2 rings (SSSR count). The molecule has 1 aliphatic heterocycles. The van der Waals surface area contributed by atoms with Crippen LogP contribution in [0.15, 0.2) is 18.2 Å². The minimum absolute atomic E-state index is 0.144. The van der Waals surface area contributed by atoms with Crippen LogP contribution in [0.1, 0.15) is 36.1 Å². The Hall–Kier alpha value is -1.02. The number of benzene rings is 1. The van der Waals surface area contributed by atoms with Gasteiger partial charge in [0.2, 0.25) is 5.91 Å². The number of carbonyl (C=O) groups is 1. The number of rotatable bonds is 3. The number of nitrogens with zero attached hydrogens (tertiary/aromatic N) is 1. The standard InChI is InChI=1S/C15H20ClNO/c1-10-4-5-14(6-11(10)2)12(3)17-9-13(8-16)7-15(17)18/h4-6,12-13H,7-9H2,1-3H3. The maximum absolute atomic E-state index is 12.0. The first-order chi connectivity index (χ1) is 8.52. The summed E-state index contributed by atoms with van der Waals surface area (Å²) in [5, 5.41) is 0. The summed E-state index contributed by atoms with van der Waals surface area (Å²) in [6.45, 7) is 7.10. The first-order valence-corrected chi connectivity index (χ1v) is 6.99. The molecule has 1 amide bonds. The molecule has 0 spiro atoms. The van der Waals surface area contributed by atoms with Crippen molar-refractivity contribution in [3.63, 3.8) is 0 Å². The second-order valence-corrected chi connectivity index (χ2v) is 5.60. The highest BCUT2D eigenvalue weighted by Crippen LogP contribution is 2.29. The molecule has 0 bridgehead atoms. The van der Waals surface area contributed by atoms with Crippen molar-refractivity contribution in [3.8, 4) is 0 Å². The van der Waals surface area contributed by atoms with Crippen LogP contribution in [0.5, 0.6) is 0 Å². The maximum atomic E-state index is 12.0. The lowest BCUT2D eigenvalue weighted by molar-refractivity contribution is -0.129. The predicted molar refractivity (Wildman–Crippen MR) is 74.9 cm³/mol. The fraction of sp³-hybridized carbons (Fsp3) is 0.533. The molecule has 98 valence electrons. The summed E-state index contributed by atoms with van der Waals surface area (Å²) in [6.07, 6.45) is 0.596. The molecule has 0 radical (unpaired) electrons. The van der Waals surface area contributed by atoms with Crippen LogP contribution < -0.4 is 0 Å². The molecule has 0 saturated carbocycles. The zero-order chi connectivity index (χ0) is 13.3. The minimum Gasteiger partial charge on any atom is -0.336 e. The normalized spacial score (nSPS) is 21.4. The molecule has 2 nitrogen and oxygen atoms in total. The van der Waals surface area contributed by atoms with Crippen LogP contribution in [-0.2, 0) is 4.79 Å². The van der Waals surface area contributed by atoms with E-state index in [4.69, 9.17) is 11.6 Å². The Kier molecular flexibility index (Phi) is 3.96. The van der Waals surface area contributed by atoms with E-state index in [2.05, 4.69) is 39.0 Å². The molecule has 1 fully saturated rings. The van der Waals surface area contributed by atoms with Crippen molar-refractivity contribution in [2.75, 3.05) is 12.4 Å². The van der Waals surface area contributed by atoms with E-state index < -0.39 is 0 Å². The van der Waals surface area contributed by atoms with Gasteiger partial charge in [0.15, 0.2) is 0 Å². The van der Waals surface area contributed by atoms with Gasteiger partial charge in [-0.1, -0.05) is 18.2 Å². The third-order valence-electron chi connectivity index (χ3n) is 3.94. The van der Waals surface area contributed by atoms with Gasteiger partial charge in [-0.3, -0.25) is 4.79 Å². The van der Waals surface area contributed by atoms with E-state index in [1.807, 2.05) is 4.90 Å². The van der Waals surface area contributed by atoms with Gasteiger partial charge in [0, 0.05) is 18.8 Å². The Morgan fingerprint density at radius 1 is 1.39 bits per heavy atom. The zero-order valence-electron chi connectivity index (χ0n) is 11.2. The van der Waals surface area contributed by atoms with Crippen molar-refractivity contribution in [1.82, 2.24) is 4.90 Å². The molecule has 0 aromatic heterocycles. The van der Waals surface area contributed by atoms with Crippen molar-refractivity contribution >= 4 is 17.5 Å². The van der Waals surface area contributed by atoms with Crippen LogP contribution in [0.3, 0.4) is 0 Å². The molecule has 1 aliphatic rings. The number of aryl methyl sites for hydroxylation is 2. The van der Waals surface area contributed by atoms with E-state index >= 15 is 0 Å². The van der Waals surface area contributed by atoms with Gasteiger partial charge < -0.3 is 4.90 Å². The van der Waals surface area contributed by atoms with Crippen LogP contribution in [0.4, 0.5) is 0 Å². The van der Waals surface area contributed by atoms with E-state index in [-0.39, 0.29) is 11.9 Å². The summed E-state index contributed by atoms with van der Waals surface area (Å²) in [6, 6.07) is 6.57. The second-order valence-electron chi connectivity index (χ2n) is 5.29. The minimum atomic E-state index is 0.144. The molecule has 1 heterocycles. The van der Waals surface area contributed by atoms with Gasteiger partial charge in [0.05, 0.1) is 6.04 Å². The Balaban J connectivity index is 2.18. The molecular formula is C15H20ClNO. The Labute approximate surface area is 114 Å². The highest BCUT2D eigenvalue weighted by Gasteiger charge is 2.32. The topological polar surface area (TPSA) is 20.3 Å². The van der Waals surface area contributed by atoms with Gasteiger partial charge >= 0.3 is 0 Å². The molecule has 1 aromatic carbocycles. The third-order valence-corrected chi connectivity index (χ3v) is 4.37. The molecule has 2 unspecified atom stereocenters. The van der Waals surface area contributed by atoms with E-state index in [1.54, 1.807) is 0 Å². The third kappa shape index (κ3) is 2.54. The van der Waals surface area contributed by atoms with Gasteiger partial charge in [0.1, 0.15) is 0 Å². The van der Waals surface area contributed by atoms with Crippen molar-refractivity contribution in [2.24, 2.45) is 5.92 Å². The first kappa shape index (κ1) is 13.4. The van der Waals surface area contributed by atoms with Crippen LogP contribution in [0.25, 0.3) is 0 Å². The number of hydrogen-bond donors (Lipinski definition) is 0. The van der Waals surface area contributed by atoms with E-state index in [0.29, 0.717) is 18.2 Å². The average Bonchev–Trinajstić information content (AvgIpc) is 2.73. The van der Waals surface area contributed by atoms with Gasteiger partial charge in [-0.2, -0.15) is 0 Å². The molecule has 3 heteroatoms. The first-order valence-electron chi connectivity index (χ1n) is 6.45. The van der Waals surface area contributed by atoms with Crippen molar-refractivity contribution in [3.05, 3.63) is 34.9 Å². The van der Waals surface area contributed by atoms with Gasteiger partial charge in [-0.05, 0) is 43.4 Å². The summed E-state index contributed by atoms with van der Waals surface area (Å²) in [7, 11) is 0. The molecular weight excluding hydrogens is 246 g/mol. The molecule has 2 atom stereocenters. The SMILES string of the molecule is Cc1ccc(C(C)N2CC(CCl)CC2=O)cc1C. The fourth-order valence-electron chi connectivity index (χ4n) is 2.49. The van der Waals surface area contributed by atoms with Gasteiger partial charge in [-0.15, -0.1) is 11.6 Å². The molecule has 18 heavy (non-hydrogen) atoms. The number of hydrogen-bond acceptors (Lipinski definition) is 1. The molecule has 1 aromatic rings. The summed E-state index contributed by atoms with van der Waals surface area (Å²) in [5.41, 5.74) is 3.78. The van der Waals surface area contributed by atoms with E-state index in [1.165, 1.54) is 16.7 Å². The second kappa shape index (κ2) is 5.31. The van der Waals surface area contributed by atoms with Gasteiger partial charge in [-0.25, -0.2) is 0 Å². The summed E-state index contributed by atoms with van der Waals surface area (Å²) < 4.78 is 0. The van der Waals surface area contributed by atoms with Crippen molar-refractivity contribution < 1.29 is 4.79 Å². The largest absolute Gasteiger partial charge is 0.336 e.